The highest BCUT2D eigenvalue weighted by molar-refractivity contribution is 6.30. The second-order valence-electron chi connectivity index (χ2n) is 5.22. The molecule has 2 aromatic carbocycles. The Morgan fingerprint density at radius 1 is 0.947 bits per heavy atom. The SMILES string of the molecule is Cc1ccc(CC(N)Cc2cccc(Cl)c2)cc1C. The van der Waals surface area contributed by atoms with Gasteiger partial charge in [0, 0.05) is 11.1 Å². The summed E-state index contributed by atoms with van der Waals surface area (Å²) in [6, 6.07) is 14.6. The van der Waals surface area contributed by atoms with E-state index in [-0.39, 0.29) is 6.04 Å². The molecule has 0 spiro atoms. The topological polar surface area (TPSA) is 26.0 Å². The van der Waals surface area contributed by atoms with E-state index in [0.717, 1.165) is 17.9 Å². The summed E-state index contributed by atoms with van der Waals surface area (Å²) in [6.07, 6.45) is 1.75. The van der Waals surface area contributed by atoms with Crippen LogP contribution in [0.2, 0.25) is 5.02 Å². The molecule has 2 N–H and O–H groups in total. The van der Waals surface area contributed by atoms with Gasteiger partial charge in [-0.25, -0.2) is 0 Å². The largest absolute Gasteiger partial charge is 0.327 e. The summed E-state index contributed by atoms with van der Waals surface area (Å²) in [5, 5.41) is 0.774. The van der Waals surface area contributed by atoms with E-state index in [1.807, 2.05) is 18.2 Å². The molecule has 0 fully saturated rings. The van der Waals surface area contributed by atoms with E-state index in [1.54, 1.807) is 0 Å². The van der Waals surface area contributed by atoms with Gasteiger partial charge in [-0.3, -0.25) is 0 Å². The van der Waals surface area contributed by atoms with Gasteiger partial charge in [-0.05, 0) is 61.1 Å². The molecule has 0 saturated carbocycles. The first kappa shape index (κ1) is 14.1. The lowest BCUT2D eigenvalue weighted by Crippen LogP contribution is -2.25. The van der Waals surface area contributed by atoms with Crippen molar-refractivity contribution < 1.29 is 0 Å². The zero-order chi connectivity index (χ0) is 13.8. The Kier molecular flexibility index (Phi) is 4.62. The number of hydrogen-bond donors (Lipinski definition) is 1. The standard InChI is InChI=1S/C17H20ClN/c1-12-6-7-15(8-13(12)2)11-17(19)10-14-4-3-5-16(18)9-14/h3-9,17H,10-11,19H2,1-2H3. The van der Waals surface area contributed by atoms with Crippen molar-refractivity contribution >= 4 is 11.6 Å². The highest BCUT2D eigenvalue weighted by Gasteiger charge is 2.07. The molecular weight excluding hydrogens is 254 g/mol. The number of benzene rings is 2. The zero-order valence-electron chi connectivity index (χ0n) is 11.5. The van der Waals surface area contributed by atoms with Crippen LogP contribution in [0, 0.1) is 13.8 Å². The molecule has 0 bridgehead atoms. The predicted octanol–water partition coefficient (Wildman–Crippen LogP) is 4.07. The third-order valence-electron chi connectivity index (χ3n) is 3.46. The molecule has 1 nitrogen and oxygen atoms in total. The quantitative estimate of drug-likeness (QED) is 0.893. The molecule has 1 atom stereocenters. The van der Waals surface area contributed by atoms with Crippen LogP contribution in [0.15, 0.2) is 42.5 Å². The Bertz CT molecular complexity index is 563. The molecule has 2 aromatic rings. The summed E-state index contributed by atoms with van der Waals surface area (Å²) >= 11 is 5.99. The van der Waals surface area contributed by atoms with E-state index in [0.29, 0.717) is 0 Å². The van der Waals surface area contributed by atoms with Crippen molar-refractivity contribution in [1.29, 1.82) is 0 Å². The van der Waals surface area contributed by atoms with Crippen molar-refractivity contribution in [3.05, 3.63) is 69.7 Å². The molecule has 0 aliphatic carbocycles. The van der Waals surface area contributed by atoms with Crippen LogP contribution in [-0.4, -0.2) is 6.04 Å². The molecule has 0 radical (unpaired) electrons. The first-order chi connectivity index (χ1) is 9.04. The minimum absolute atomic E-state index is 0.126. The summed E-state index contributed by atoms with van der Waals surface area (Å²) in [4.78, 5) is 0. The van der Waals surface area contributed by atoms with Crippen LogP contribution in [0.25, 0.3) is 0 Å². The molecule has 0 aliphatic heterocycles. The Morgan fingerprint density at radius 2 is 1.63 bits per heavy atom. The Labute approximate surface area is 120 Å². The van der Waals surface area contributed by atoms with Crippen molar-refractivity contribution in [3.8, 4) is 0 Å². The van der Waals surface area contributed by atoms with Crippen molar-refractivity contribution in [3.63, 3.8) is 0 Å². The summed E-state index contributed by atoms with van der Waals surface area (Å²) < 4.78 is 0. The van der Waals surface area contributed by atoms with Gasteiger partial charge in [0.1, 0.15) is 0 Å². The summed E-state index contributed by atoms with van der Waals surface area (Å²) in [5.74, 6) is 0. The molecule has 2 heteroatoms. The molecular formula is C17H20ClN. The normalized spacial score (nSPS) is 12.4. The fraction of sp³-hybridized carbons (Fsp3) is 0.294. The smallest absolute Gasteiger partial charge is 0.0408 e. The Hall–Kier alpha value is -1.31. The first-order valence-corrected chi connectivity index (χ1v) is 6.98. The van der Waals surface area contributed by atoms with Crippen molar-refractivity contribution in [2.75, 3.05) is 0 Å². The minimum Gasteiger partial charge on any atom is -0.327 e. The van der Waals surface area contributed by atoms with Gasteiger partial charge in [-0.1, -0.05) is 41.9 Å². The molecule has 0 saturated heterocycles. The first-order valence-electron chi connectivity index (χ1n) is 6.61. The lowest BCUT2D eigenvalue weighted by Gasteiger charge is -2.13. The Balaban J connectivity index is 2.01. The van der Waals surface area contributed by atoms with E-state index in [2.05, 4.69) is 38.1 Å². The van der Waals surface area contributed by atoms with Crippen LogP contribution in [0.5, 0.6) is 0 Å². The van der Waals surface area contributed by atoms with Crippen LogP contribution in [0.1, 0.15) is 22.3 Å². The lowest BCUT2D eigenvalue weighted by atomic mass is 9.97. The highest BCUT2D eigenvalue weighted by atomic mass is 35.5. The summed E-state index contributed by atoms with van der Waals surface area (Å²) in [6.45, 7) is 4.27. The van der Waals surface area contributed by atoms with Crippen molar-refractivity contribution in [2.45, 2.75) is 32.7 Å². The third kappa shape index (κ3) is 4.09. The van der Waals surface area contributed by atoms with Gasteiger partial charge in [0.05, 0.1) is 0 Å². The predicted molar refractivity (Wildman–Crippen MR) is 82.8 cm³/mol. The highest BCUT2D eigenvalue weighted by Crippen LogP contribution is 2.15. The van der Waals surface area contributed by atoms with Gasteiger partial charge in [-0.2, -0.15) is 0 Å². The maximum Gasteiger partial charge on any atom is 0.0408 e. The number of halogens is 1. The van der Waals surface area contributed by atoms with Gasteiger partial charge in [-0.15, -0.1) is 0 Å². The van der Waals surface area contributed by atoms with Crippen LogP contribution in [-0.2, 0) is 12.8 Å². The Morgan fingerprint density at radius 3 is 2.26 bits per heavy atom. The molecule has 100 valence electrons. The van der Waals surface area contributed by atoms with Crippen molar-refractivity contribution in [1.82, 2.24) is 0 Å². The summed E-state index contributed by atoms with van der Waals surface area (Å²) in [5.41, 5.74) is 11.4. The molecule has 0 aliphatic rings. The molecule has 19 heavy (non-hydrogen) atoms. The van der Waals surface area contributed by atoms with Crippen molar-refractivity contribution in [2.24, 2.45) is 5.73 Å². The fourth-order valence-corrected chi connectivity index (χ4v) is 2.48. The number of aryl methyl sites for hydroxylation is 2. The summed E-state index contributed by atoms with van der Waals surface area (Å²) in [7, 11) is 0. The van der Waals surface area contributed by atoms with E-state index < -0.39 is 0 Å². The molecule has 2 rings (SSSR count). The third-order valence-corrected chi connectivity index (χ3v) is 3.69. The second kappa shape index (κ2) is 6.23. The van der Waals surface area contributed by atoms with Crippen LogP contribution in [0.3, 0.4) is 0 Å². The second-order valence-corrected chi connectivity index (χ2v) is 5.65. The maximum atomic E-state index is 6.23. The zero-order valence-corrected chi connectivity index (χ0v) is 12.2. The van der Waals surface area contributed by atoms with Gasteiger partial charge in [0.2, 0.25) is 0 Å². The average molecular weight is 274 g/mol. The molecule has 0 amide bonds. The van der Waals surface area contributed by atoms with Gasteiger partial charge < -0.3 is 5.73 Å². The van der Waals surface area contributed by atoms with E-state index >= 15 is 0 Å². The van der Waals surface area contributed by atoms with Crippen LogP contribution >= 0.6 is 11.6 Å². The number of nitrogens with two attached hydrogens (primary N) is 1. The van der Waals surface area contributed by atoms with Gasteiger partial charge in [0.15, 0.2) is 0 Å². The molecule has 0 aromatic heterocycles. The fourth-order valence-electron chi connectivity index (χ4n) is 2.27. The van der Waals surface area contributed by atoms with Gasteiger partial charge in [0.25, 0.3) is 0 Å². The maximum absolute atomic E-state index is 6.23. The molecule has 0 heterocycles. The van der Waals surface area contributed by atoms with E-state index in [9.17, 15) is 0 Å². The molecule has 1 unspecified atom stereocenters. The van der Waals surface area contributed by atoms with Gasteiger partial charge >= 0.3 is 0 Å². The monoisotopic (exact) mass is 273 g/mol. The number of rotatable bonds is 4. The minimum atomic E-state index is 0.126. The average Bonchev–Trinajstić information content (AvgIpc) is 2.34. The van der Waals surface area contributed by atoms with Crippen LogP contribution in [0.4, 0.5) is 0 Å². The van der Waals surface area contributed by atoms with E-state index in [4.69, 9.17) is 17.3 Å². The lowest BCUT2D eigenvalue weighted by molar-refractivity contribution is 0.664. The van der Waals surface area contributed by atoms with Crippen LogP contribution < -0.4 is 5.73 Å². The van der Waals surface area contributed by atoms with E-state index in [1.165, 1.54) is 22.3 Å². The number of hydrogen-bond acceptors (Lipinski definition) is 1.